The number of aliphatic imine (C=N–C) groups is 1. The summed E-state index contributed by atoms with van der Waals surface area (Å²) in [4.78, 5) is 5.62. The van der Waals surface area contributed by atoms with Crippen molar-refractivity contribution in [1.29, 1.82) is 0 Å². The molecule has 1 heterocycles. The molecule has 6 aromatic rings. The molecule has 6 aromatic carbocycles. The number of aryl methyl sites for hydroxylation is 1. The molecule has 0 spiro atoms. The van der Waals surface area contributed by atoms with Gasteiger partial charge >= 0.3 is 0 Å². The molecule has 9 rings (SSSR count). The molecule has 0 saturated carbocycles. The molecular weight excluding hydrogens is 639 g/mol. The van der Waals surface area contributed by atoms with Crippen molar-refractivity contribution in [2.24, 2.45) is 4.99 Å². The first-order valence-electron chi connectivity index (χ1n) is 19.6. The topological polar surface area (TPSA) is 12.4 Å². The molecule has 260 valence electrons. The van der Waals surface area contributed by atoms with Crippen molar-refractivity contribution < 1.29 is 0 Å². The maximum Gasteiger partial charge on any atom is 0.0740 e. The Bertz CT molecular complexity index is 2420. The average Bonchev–Trinajstić information content (AvgIpc) is 3.31. The Hall–Kier alpha value is -5.53. The first-order chi connectivity index (χ1) is 26.0. The van der Waals surface area contributed by atoms with E-state index in [1.54, 1.807) is 0 Å². The van der Waals surface area contributed by atoms with Crippen LogP contribution in [-0.2, 0) is 11.8 Å². The third kappa shape index (κ3) is 6.03. The molecule has 1 aliphatic heterocycles. The lowest BCUT2D eigenvalue weighted by molar-refractivity contribution is 0.624. The maximum atomic E-state index is 5.62. The second-order valence-electron chi connectivity index (χ2n) is 15.6. The highest BCUT2D eigenvalue weighted by Gasteiger charge is 2.37. The maximum absolute atomic E-state index is 5.62. The number of rotatable bonds is 6. The van der Waals surface area contributed by atoms with Crippen LogP contribution in [-0.4, -0.2) is 5.71 Å². The second-order valence-corrected chi connectivity index (χ2v) is 15.6. The van der Waals surface area contributed by atoms with Crippen LogP contribution in [0.3, 0.4) is 0 Å². The summed E-state index contributed by atoms with van der Waals surface area (Å²) in [5.74, 6) is 0.412. The molecule has 2 aliphatic carbocycles. The molecule has 0 fully saturated rings. The molecule has 0 radical (unpaired) electrons. The Morgan fingerprint density at radius 2 is 1.26 bits per heavy atom. The van der Waals surface area contributed by atoms with Crippen molar-refractivity contribution in [1.82, 2.24) is 0 Å². The zero-order chi connectivity index (χ0) is 35.9. The lowest BCUT2D eigenvalue weighted by Gasteiger charge is -2.24. The third-order valence-electron chi connectivity index (χ3n) is 12.1. The summed E-state index contributed by atoms with van der Waals surface area (Å²) >= 11 is 0. The monoisotopic (exact) mass is 685 g/mol. The highest BCUT2D eigenvalue weighted by molar-refractivity contribution is 6.04. The van der Waals surface area contributed by atoms with Crippen LogP contribution < -0.4 is 0 Å². The van der Waals surface area contributed by atoms with Gasteiger partial charge in [0.2, 0.25) is 0 Å². The molecule has 0 bridgehead atoms. The average molecular weight is 686 g/mol. The molecule has 0 amide bonds. The van der Waals surface area contributed by atoms with Crippen LogP contribution in [0.15, 0.2) is 168 Å². The highest BCUT2D eigenvalue weighted by atomic mass is 14.8. The van der Waals surface area contributed by atoms with Gasteiger partial charge in [0, 0.05) is 16.7 Å². The van der Waals surface area contributed by atoms with Crippen molar-refractivity contribution >= 4 is 11.4 Å². The van der Waals surface area contributed by atoms with Crippen LogP contribution in [0.4, 0.5) is 0 Å². The Labute approximate surface area is 315 Å². The minimum atomic E-state index is -0.0145. The molecular formula is C52H47N. The van der Waals surface area contributed by atoms with Gasteiger partial charge in [-0.1, -0.05) is 160 Å². The van der Waals surface area contributed by atoms with Crippen molar-refractivity contribution in [2.75, 3.05) is 0 Å². The van der Waals surface area contributed by atoms with E-state index in [2.05, 4.69) is 172 Å². The van der Waals surface area contributed by atoms with Crippen LogP contribution in [0, 0.1) is 0 Å². The summed E-state index contributed by atoms with van der Waals surface area (Å²) in [6.45, 7) is 7.11. The number of benzene rings is 6. The second kappa shape index (κ2) is 13.8. The predicted molar refractivity (Wildman–Crippen MR) is 225 cm³/mol. The van der Waals surface area contributed by atoms with Crippen molar-refractivity contribution in [3.63, 3.8) is 0 Å². The zero-order valence-corrected chi connectivity index (χ0v) is 31.2. The van der Waals surface area contributed by atoms with E-state index in [1.165, 1.54) is 83.6 Å². The van der Waals surface area contributed by atoms with Gasteiger partial charge < -0.3 is 0 Å². The summed E-state index contributed by atoms with van der Waals surface area (Å²) in [7, 11) is 0. The molecule has 1 unspecified atom stereocenters. The number of hydrogen-bond acceptors (Lipinski definition) is 1. The van der Waals surface area contributed by atoms with Crippen LogP contribution in [0.5, 0.6) is 0 Å². The largest absolute Gasteiger partial charge is 0.252 e. The van der Waals surface area contributed by atoms with E-state index in [9.17, 15) is 0 Å². The fourth-order valence-electron chi connectivity index (χ4n) is 9.38. The number of fused-ring (bicyclic) bond motifs is 6. The van der Waals surface area contributed by atoms with Gasteiger partial charge in [-0.15, -0.1) is 0 Å². The summed E-state index contributed by atoms with van der Waals surface area (Å²) < 4.78 is 0. The molecule has 1 heteroatoms. The fraction of sp³-hybridized carbons (Fsp3) is 0.212. The quantitative estimate of drug-likeness (QED) is 0.165. The number of hydrogen-bond donors (Lipinski definition) is 0. The molecule has 0 N–H and O–H groups in total. The Kier molecular flexibility index (Phi) is 8.67. The van der Waals surface area contributed by atoms with Crippen molar-refractivity contribution in [2.45, 2.75) is 70.6 Å². The minimum Gasteiger partial charge on any atom is -0.252 e. The van der Waals surface area contributed by atoms with Crippen LogP contribution >= 0.6 is 0 Å². The van der Waals surface area contributed by atoms with E-state index in [1.807, 2.05) is 0 Å². The summed E-state index contributed by atoms with van der Waals surface area (Å²) in [6.07, 6.45) is 8.61. The van der Waals surface area contributed by atoms with E-state index >= 15 is 0 Å². The Balaban J connectivity index is 1.14. The van der Waals surface area contributed by atoms with Gasteiger partial charge in [-0.3, -0.25) is 4.99 Å². The molecule has 1 atom stereocenters. The van der Waals surface area contributed by atoms with Gasteiger partial charge in [-0.2, -0.15) is 0 Å². The van der Waals surface area contributed by atoms with Gasteiger partial charge in [-0.25, -0.2) is 0 Å². The molecule has 3 aliphatic rings. The van der Waals surface area contributed by atoms with Crippen LogP contribution in [0.1, 0.15) is 92.2 Å². The van der Waals surface area contributed by atoms with Crippen LogP contribution in [0.25, 0.3) is 39.1 Å². The van der Waals surface area contributed by atoms with E-state index < -0.39 is 0 Å². The highest BCUT2D eigenvalue weighted by Crippen LogP contribution is 2.52. The summed E-state index contributed by atoms with van der Waals surface area (Å²) in [5, 5.41) is 0. The van der Waals surface area contributed by atoms with Crippen LogP contribution in [0.2, 0.25) is 0 Å². The first-order valence-corrected chi connectivity index (χ1v) is 19.6. The van der Waals surface area contributed by atoms with Gasteiger partial charge in [-0.05, 0) is 129 Å². The molecule has 1 nitrogen and oxygen atoms in total. The lowest BCUT2D eigenvalue weighted by Crippen LogP contribution is -2.15. The van der Waals surface area contributed by atoms with Gasteiger partial charge in [0.25, 0.3) is 0 Å². The van der Waals surface area contributed by atoms with Gasteiger partial charge in [0.15, 0.2) is 0 Å². The van der Waals surface area contributed by atoms with Gasteiger partial charge in [0.1, 0.15) is 0 Å². The normalized spacial score (nSPS) is 20.6. The molecule has 0 aromatic heterocycles. The zero-order valence-electron chi connectivity index (χ0n) is 31.2. The van der Waals surface area contributed by atoms with Crippen molar-refractivity contribution in [3.05, 3.63) is 196 Å². The van der Waals surface area contributed by atoms with Gasteiger partial charge in [0.05, 0.1) is 5.70 Å². The third-order valence-corrected chi connectivity index (χ3v) is 12.1. The standard InChI is InChI=1S/C52H47N/c1-4-42-38(22-16-28-50(36-19-9-6-10-20-36)53-51(42)41-23-15-21-37(31-41)35-17-7-5-8-18-35)32-39-29-30-40-33-47-45-26-13-14-27-48(45)52(2,3)49(47)34-46(40)44-25-12-11-24-43(39)44/h5-15,17-27,31,33-34,39H,4,16,28-30,32H2,1-3H3/b38-22-,51-42-,53-50+. The van der Waals surface area contributed by atoms with E-state index in [4.69, 9.17) is 4.99 Å². The Morgan fingerprint density at radius 3 is 2.06 bits per heavy atom. The number of nitrogens with zero attached hydrogens (tertiary/aromatic N) is 1. The predicted octanol–water partition coefficient (Wildman–Crippen LogP) is 13.8. The van der Waals surface area contributed by atoms with E-state index in [-0.39, 0.29) is 5.41 Å². The minimum absolute atomic E-state index is 0.0145. The SMILES string of the molecule is CCC1=C(c2cccc(-c3ccccc3)c2)/N=C(/c2ccccc2)CC/C=C\1CC1CCc2cc3c(cc2-c2ccccc21)C(C)(C)c1ccccc1-3. The fourth-order valence-corrected chi connectivity index (χ4v) is 9.38. The lowest BCUT2D eigenvalue weighted by atomic mass is 9.80. The summed E-state index contributed by atoms with van der Waals surface area (Å²) in [5.41, 5.74) is 21.5. The van der Waals surface area contributed by atoms with E-state index in [0.29, 0.717) is 5.92 Å². The summed E-state index contributed by atoms with van der Waals surface area (Å²) in [6, 6.07) is 54.0. The molecule has 0 saturated heterocycles. The Morgan fingerprint density at radius 1 is 0.585 bits per heavy atom. The smallest absolute Gasteiger partial charge is 0.0740 e. The van der Waals surface area contributed by atoms with Crippen molar-refractivity contribution in [3.8, 4) is 33.4 Å². The first kappa shape index (κ1) is 33.3. The number of allylic oxidation sites excluding steroid dienone is 3. The van der Waals surface area contributed by atoms with E-state index in [0.717, 1.165) is 44.2 Å². The molecule has 53 heavy (non-hydrogen) atoms.